The Hall–Kier alpha value is -0.430. The molecular formula is C14H17Br2NO4. The largest absolute Gasteiger partial charge is 0.480 e. The number of carbonyl (C=O) groups excluding carboxylic acids is 2. The van der Waals surface area contributed by atoms with Crippen LogP contribution in [0, 0.1) is 29.6 Å². The molecule has 3 rings (SSSR count). The normalized spacial score (nSPS) is 42.8. The van der Waals surface area contributed by atoms with Crippen molar-refractivity contribution in [1.82, 2.24) is 4.90 Å². The molecule has 3 aliphatic rings. The number of aliphatic carboxylic acids is 1. The molecule has 0 unspecified atom stereocenters. The van der Waals surface area contributed by atoms with Gasteiger partial charge in [-0.25, -0.2) is 4.79 Å². The van der Waals surface area contributed by atoms with E-state index in [1.165, 1.54) is 0 Å². The molecule has 2 saturated carbocycles. The molecule has 1 N–H and O–H groups in total. The second-order valence-corrected chi connectivity index (χ2v) is 8.69. The topological polar surface area (TPSA) is 74.7 Å². The number of alkyl halides is 2. The highest BCUT2D eigenvalue weighted by Crippen LogP contribution is 2.60. The number of likely N-dealkylation sites (tertiary alicyclic amines) is 1. The van der Waals surface area contributed by atoms with Crippen molar-refractivity contribution in [2.45, 2.75) is 36.0 Å². The van der Waals surface area contributed by atoms with Gasteiger partial charge in [0.05, 0.1) is 11.8 Å². The average Bonchev–Trinajstić information content (AvgIpc) is 2.98. The Balaban J connectivity index is 1.96. The number of amides is 2. The molecule has 0 aromatic rings. The Morgan fingerprint density at radius 2 is 1.57 bits per heavy atom. The average molecular weight is 423 g/mol. The quantitative estimate of drug-likeness (QED) is 0.556. The smallest absolute Gasteiger partial charge is 0.327 e. The van der Waals surface area contributed by atoms with E-state index in [-0.39, 0.29) is 51.1 Å². The molecule has 116 valence electrons. The zero-order valence-electron chi connectivity index (χ0n) is 11.7. The van der Waals surface area contributed by atoms with E-state index in [2.05, 4.69) is 31.9 Å². The van der Waals surface area contributed by atoms with Crippen LogP contribution >= 0.6 is 31.9 Å². The number of nitrogens with zero attached hydrogens (tertiary/aromatic N) is 1. The van der Waals surface area contributed by atoms with Crippen LogP contribution < -0.4 is 0 Å². The third kappa shape index (κ3) is 1.96. The number of rotatable bonds is 3. The van der Waals surface area contributed by atoms with Crippen LogP contribution in [0.25, 0.3) is 0 Å². The molecule has 7 heteroatoms. The van der Waals surface area contributed by atoms with E-state index >= 15 is 0 Å². The lowest BCUT2D eigenvalue weighted by Gasteiger charge is -2.28. The maximum atomic E-state index is 12.7. The number of hydrogen-bond donors (Lipinski definition) is 1. The molecule has 2 amide bonds. The van der Waals surface area contributed by atoms with E-state index in [9.17, 15) is 19.5 Å². The maximum Gasteiger partial charge on any atom is 0.327 e. The minimum atomic E-state index is -1.11. The summed E-state index contributed by atoms with van der Waals surface area (Å²) in [5.41, 5.74) is 0. The van der Waals surface area contributed by atoms with Crippen LogP contribution in [-0.2, 0) is 14.4 Å². The van der Waals surface area contributed by atoms with Crippen LogP contribution in [0.1, 0.15) is 20.3 Å². The molecule has 1 saturated heterocycles. The van der Waals surface area contributed by atoms with E-state index in [1.54, 1.807) is 13.8 Å². The first kappa shape index (κ1) is 15.5. The van der Waals surface area contributed by atoms with E-state index in [1.807, 2.05) is 0 Å². The van der Waals surface area contributed by atoms with Crippen LogP contribution in [-0.4, -0.2) is 43.5 Å². The minimum absolute atomic E-state index is 0.118. The zero-order valence-corrected chi connectivity index (χ0v) is 14.9. The lowest BCUT2D eigenvalue weighted by Crippen LogP contribution is -2.49. The van der Waals surface area contributed by atoms with Gasteiger partial charge in [0.1, 0.15) is 6.04 Å². The highest BCUT2D eigenvalue weighted by atomic mass is 79.9. The summed E-state index contributed by atoms with van der Waals surface area (Å²) in [5, 5.41) is 9.39. The maximum absolute atomic E-state index is 12.7. The van der Waals surface area contributed by atoms with E-state index in [0.717, 1.165) is 11.3 Å². The molecule has 2 aliphatic carbocycles. The summed E-state index contributed by atoms with van der Waals surface area (Å²) >= 11 is 7.23. The summed E-state index contributed by atoms with van der Waals surface area (Å²) in [5.74, 6) is -2.44. The molecule has 1 heterocycles. The van der Waals surface area contributed by atoms with Crippen molar-refractivity contribution < 1.29 is 19.5 Å². The van der Waals surface area contributed by atoms with E-state index < -0.39 is 12.0 Å². The van der Waals surface area contributed by atoms with Gasteiger partial charge >= 0.3 is 5.97 Å². The number of carbonyl (C=O) groups is 3. The molecule has 0 aromatic heterocycles. The van der Waals surface area contributed by atoms with Gasteiger partial charge in [-0.1, -0.05) is 45.7 Å². The van der Waals surface area contributed by atoms with E-state index in [0.29, 0.717) is 0 Å². The Bertz CT molecular complexity index is 491. The van der Waals surface area contributed by atoms with Crippen molar-refractivity contribution >= 4 is 49.6 Å². The van der Waals surface area contributed by atoms with Crippen molar-refractivity contribution in [1.29, 1.82) is 0 Å². The fourth-order valence-corrected chi connectivity index (χ4v) is 6.21. The number of carboxylic acids is 1. The van der Waals surface area contributed by atoms with Crippen molar-refractivity contribution in [3.05, 3.63) is 0 Å². The standard InChI is InChI=1S/C14H17Br2NO4/c1-4(2)11(14(20)21)17-12(18)7-5-3-6(8(7)13(17)19)10(16)9(5)15/h4-11H,3H2,1-2H3,(H,20,21)/t5-,6-,7-,8-,9+,10+,11-/m1/s1. The van der Waals surface area contributed by atoms with Crippen LogP contribution in [0.15, 0.2) is 0 Å². The summed E-state index contributed by atoms with van der Waals surface area (Å²) in [6.07, 6.45) is 0.853. The molecule has 7 atom stereocenters. The number of imide groups is 1. The molecular weight excluding hydrogens is 406 g/mol. The van der Waals surface area contributed by atoms with Crippen LogP contribution in [0.5, 0.6) is 0 Å². The Morgan fingerprint density at radius 1 is 1.14 bits per heavy atom. The monoisotopic (exact) mass is 421 g/mol. The second-order valence-electron chi connectivity index (χ2n) is 6.58. The van der Waals surface area contributed by atoms with Gasteiger partial charge in [0, 0.05) is 9.65 Å². The van der Waals surface area contributed by atoms with Gasteiger partial charge in [-0.05, 0) is 24.2 Å². The van der Waals surface area contributed by atoms with Gasteiger partial charge in [-0.15, -0.1) is 0 Å². The summed E-state index contributed by atoms with van der Waals surface area (Å²) in [6.45, 7) is 3.45. The van der Waals surface area contributed by atoms with Gasteiger partial charge < -0.3 is 5.11 Å². The molecule has 0 radical (unpaired) electrons. The summed E-state index contributed by atoms with van der Waals surface area (Å²) in [4.78, 5) is 38.2. The Labute approximate surface area is 139 Å². The van der Waals surface area contributed by atoms with Crippen LogP contribution in [0.2, 0.25) is 0 Å². The molecule has 5 nitrogen and oxygen atoms in total. The van der Waals surface area contributed by atoms with E-state index in [4.69, 9.17) is 0 Å². The first-order chi connectivity index (χ1) is 9.77. The predicted octanol–water partition coefficient (Wildman–Crippen LogP) is 1.87. The predicted molar refractivity (Wildman–Crippen MR) is 82.1 cm³/mol. The fraction of sp³-hybridized carbons (Fsp3) is 0.786. The third-order valence-corrected chi connectivity index (χ3v) is 8.39. The zero-order chi connectivity index (χ0) is 15.6. The molecule has 21 heavy (non-hydrogen) atoms. The third-order valence-electron chi connectivity index (χ3n) is 5.18. The first-order valence-corrected chi connectivity index (χ1v) is 8.98. The Kier molecular flexibility index (Phi) is 3.72. The van der Waals surface area contributed by atoms with Crippen molar-refractivity contribution in [3.63, 3.8) is 0 Å². The molecule has 2 bridgehead atoms. The van der Waals surface area contributed by atoms with Crippen LogP contribution in [0.3, 0.4) is 0 Å². The first-order valence-electron chi connectivity index (χ1n) is 7.15. The number of hydrogen-bond acceptors (Lipinski definition) is 3. The van der Waals surface area contributed by atoms with Crippen molar-refractivity contribution in [3.8, 4) is 0 Å². The molecule has 1 aliphatic heterocycles. The highest BCUT2D eigenvalue weighted by molar-refractivity contribution is 9.12. The van der Waals surface area contributed by atoms with Crippen molar-refractivity contribution in [2.75, 3.05) is 0 Å². The van der Waals surface area contributed by atoms with Crippen LogP contribution in [0.4, 0.5) is 0 Å². The fourth-order valence-electron chi connectivity index (χ4n) is 4.34. The van der Waals surface area contributed by atoms with Gasteiger partial charge in [0.2, 0.25) is 11.8 Å². The molecule has 3 fully saturated rings. The highest BCUT2D eigenvalue weighted by Gasteiger charge is 2.67. The number of fused-ring (bicyclic) bond motifs is 5. The second kappa shape index (κ2) is 5.05. The Morgan fingerprint density at radius 3 is 1.90 bits per heavy atom. The lowest BCUT2D eigenvalue weighted by molar-refractivity contribution is -0.157. The minimum Gasteiger partial charge on any atom is -0.480 e. The molecule has 0 aromatic carbocycles. The summed E-state index contributed by atoms with van der Waals surface area (Å²) < 4.78 is 0. The number of carboxylic acid groups (broad SMARTS) is 1. The van der Waals surface area contributed by atoms with Crippen molar-refractivity contribution in [2.24, 2.45) is 29.6 Å². The lowest BCUT2D eigenvalue weighted by atomic mass is 9.81. The summed E-state index contributed by atoms with van der Waals surface area (Å²) in [6, 6.07) is -1.06. The van der Waals surface area contributed by atoms with Gasteiger partial charge in [-0.2, -0.15) is 0 Å². The van der Waals surface area contributed by atoms with Gasteiger partial charge in [0.25, 0.3) is 0 Å². The van der Waals surface area contributed by atoms with Gasteiger partial charge in [0.15, 0.2) is 0 Å². The van der Waals surface area contributed by atoms with Gasteiger partial charge in [-0.3, -0.25) is 14.5 Å². The SMILES string of the molecule is CC(C)[C@H](C(=O)O)N1C(=O)[C@@H]2[C@H]3C[C@@H]([C@H](Br)[C@H]3Br)[C@H]2C1=O. The number of halogens is 2. The summed E-state index contributed by atoms with van der Waals surface area (Å²) in [7, 11) is 0. The molecule has 0 spiro atoms.